The standard InChI is InChI=1S/C43H58N12O9/c1-5-23(3)35(37(44)59)54-38(60)29(12-9-18-47-43(45)46)52-39(61)31(21-34(57)58)53-41(63)36(24(4)6-2)55-19-17-30(42(55)64)51-33(56)20-25-13-15-26(16-14-25)49-40(62)32-22-48-27-10-7-8-11-28(27)50-32/h7-8,10-11,13-16,22-24,29-31,35-36H,5-6,9,12,17-21H2,1-4H3,(H2,44,59)(H,49,62)(H,51,56)(H,52,61)(H,53,63)(H,54,60)(H,57,58)(H4,45,46,47)/t23-,24-,29+,30+,31-,35-,36-/m0/s1. The van der Waals surface area contributed by atoms with E-state index in [1.54, 1.807) is 70.2 Å². The van der Waals surface area contributed by atoms with Crippen molar-refractivity contribution in [3.63, 3.8) is 0 Å². The van der Waals surface area contributed by atoms with Crippen LogP contribution in [0, 0.1) is 17.2 Å². The average Bonchev–Trinajstić information content (AvgIpc) is 3.60. The van der Waals surface area contributed by atoms with Gasteiger partial charge in [-0.15, -0.1) is 0 Å². The number of para-hydroxylation sites is 2. The number of nitrogens with two attached hydrogens (primary N) is 2. The predicted octanol–water partition coefficient (Wildman–Crippen LogP) is 0.280. The number of carboxylic acids is 1. The van der Waals surface area contributed by atoms with E-state index in [2.05, 4.69) is 41.9 Å². The molecule has 7 atom stereocenters. The Morgan fingerprint density at radius 1 is 0.875 bits per heavy atom. The number of aliphatic carboxylic acids is 1. The number of carboxylic acid groups (broad SMARTS) is 1. The third-order valence-corrected chi connectivity index (χ3v) is 11.1. The van der Waals surface area contributed by atoms with E-state index in [0.717, 1.165) is 0 Å². The largest absolute Gasteiger partial charge is 0.481 e. The van der Waals surface area contributed by atoms with Crippen molar-refractivity contribution in [1.82, 2.24) is 41.5 Å². The number of anilines is 1. The molecular formula is C43H58N12O9. The molecule has 3 aromatic rings. The van der Waals surface area contributed by atoms with Crippen LogP contribution in [0.3, 0.4) is 0 Å². The van der Waals surface area contributed by atoms with Crippen molar-refractivity contribution >= 4 is 70.0 Å². The van der Waals surface area contributed by atoms with Crippen LogP contribution in [0.5, 0.6) is 0 Å². The third-order valence-electron chi connectivity index (χ3n) is 11.1. The number of amides is 7. The number of primary amides is 1. The Morgan fingerprint density at radius 3 is 2.14 bits per heavy atom. The Balaban J connectivity index is 1.40. The number of nitrogens with one attached hydrogen (secondary N) is 7. The molecule has 0 radical (unpaired) electrons. The van der Waals surface area contributed by atoms with E-state index in [1.807, 2.05) is 6.07 Å². The quantitative estimate of drug-likeness (QED) is 0.0348. The van der Waals surface area contributed by atoms with E-state index < -0.39 is 89.9 Å². The van der Waals surface area contributed by atoms with Crippen molar-refractivity contribution in [3.05, 3.63) is 66.0 Å². The molecule has 0 unspecified atom stereocenters. The number of rotatable bonds is 23. The lowest BCUT2D eigenvalue weighted by Gasteiger charge is -2.33. The first-order chi connectivity index (χ1) is 30.4. The predicted molar refractivity (Wildman–Crippen MR) is 235 cm³/mol. The summed E-state index contributed by atoms with van der Waals surface area (Å²) in [6.45, 7) is 7.25. The molecule has 344 valence electrons. The van der Waals surface area contributed by atoms with Crippen LogP contribution in [0.4, 0.5) is 5.69 Å². The number of nitrogens with zero attached hydrogens (tertiary/aromatic N) is 3. The maximum absolute atomic E-state index is 14.0. The van der Waals surface area contributed by atoms with Crippen molar-refractivity contribution in [3.8, 4) is 0 Å². The van der Waals surface area contributed by atoms with Crippen LogP contribution in [-0.2, 0) is 40.0 Å². The summed E-state index contributed by atoms with van der Waals surface area (Å²) in [5, 5.41) is 32.8. The minimum Gasteiger partial charge on any atom is -0.481 e. The fourth-order valence-electron chi connectivity index (χ4n) is 7.14. The molecule has 2 heterocycles. The second kappa shape index (κ2) is 23.3. The first-order valence-corrected chi connectivity index (χ1v) is 21.1. The van der Waals surface area contributed by atoms with Gasteiger partial charge in [-0.3, -0.25) is 48.7 Å². The lowest BCUT2D eigenvalue weighted by molar-refractivity contribution is -0.144. The lowest BCUT2D eigenvalue weighted by atomic mass is 9.96. The Hall–Kier alpha value is -7.19. The van der Waals surface area contributed by atoms with Gasteiger partial charge >= 0.3 is 5.97 Å². The Labute approximate surface area is 370 Å². The summed E-state index contributed by atoms with van der Waals surface area (Å²) in [6.07, 6.45) is 1.67. The molecular weight excluding hydrogens is 829 g/mol. The molecule has 7 amide bonds. The maximum atomic E-state index is 14.0. The van der Waals surface area contributed by atoms with E-state index >= 15 is 0 Å². The molecule has 1 aliphatic rings. The number of hydrogen-bond acceptors (Lipinski definition) is 11. The molecule has 1 aliphatic heterocycles. The Bertz CT molecular complexity index is 2200. The van der Waals surface area contributed by atoms with Gasteiger partial charge in [-0.1, -0.05) is 64.8 Å². The number of guanidine groups is 1. The summed E-state index contributed by atoms with van der Waals surface area (Å²) in [6, 6.07) is 7.52. The van der Waals surface area contributed by atoms with E-state index in [-0.39, 0.29) is 56.3 Å². The van der Waals surface area contributed by atoms with Gasteiger partial charge in [0, 0.05) is 18.8 Å². The van der Waals surface area contributed by atoms with Gasteiger partial charge in [0.2, 0.25) is 35.4 Å². The molecule has 0 bridgehead atoms. The van der Waals surface area contributed by atoms with Crippen LogP contribution in [-0.4, -0.2) is 117 Å². The molecule has 0 aliphatic carbocycles. The normalized spacial score (nSPS) is 16.3. The topological polar surface area (TPSA) is 334 Å². The van der Waals surface area contributed by atoms with E-state index in [0.29, 0.717) is 35.1 Å². The van der Waals surface area contributed by atoms with Crippen molar-refractivity contribution in [1.29, 1.82) is 5.41 Å². The van der Waals surface area contributed by atoms with Gasteiger partial charge in [0.15, 0.2) is 5.96 Å². The van der Waals surface area contributed by atoms with Gasteiger partial charge < -0.3 is 53.4 Å². The van der Waals surface area contributed by atoms with Crippen molar-refractivity contribution in [2.75, 3.05) is 18.4 Å². The van der Waals surface area contributed by atoms with Gasteiger partial charge in [-0.05, 0) is 60.9 Å². The van der Waals surface area contributed by atoms with Crippen molar-refractivity contribution in [2.24, 2.45) is 23.3 Å². The maximum Gasteiger partial charge on any atom is 0.305 e. The molecule has 64 heavy (non-hydrogen) atoms. The second-order valence-corrected chi connectivity index (χ2v) is 15.8. The van der Waals surface area contributed by atoms with Crippen LogP contribution in [0.2, 0.25) is 0 Å². The monoisotopic (exact) mass is 886 g/mol. The molecule has 1 saturated heterocycles. The van der Waals surface area contributed by atoms with Crippen molar-refractivity contribution < 1.29 is 43.5 Å². The first-order valence-electron chi connectivity index (χ1n) is 21.1. The first kappa shape index (κ1) is 49.5. The minimum atomic E-state index is -1.69. The Kier molecular flexibility index (Phi) is 18.0. The van der Waals surface area contributed by atoms with Gasteiger partial charge in [0.05, 0.1) is 30.1 Å². The van der Waals surface area contributed by atoms with Gasteiger partial charge in [-0.2, -0.15) is 0 Å². The van der Waals surface area contributed by atoms with E-state index in [9.17, 15) is 43.5 Å². The molecule has 21 heteroatoms. The fraction of sp³-hybridized carbons (Fsp3) is 0.465. The zero-order chi connectivity index (χ0) is 47.1. The number of benzene rings is 2. The Morgan fingerprint density at radius 2 is 1.52 bits per heavy atom. The zero-order valence-electron chi connectivity index (χ0n) is 36.3. The second-order valence-electron chi connectivity index (χ2n) is 15.8. The summed E-state index contributed by atoms with van der Waals surface area (Å²) < 4.78 is 0. The average molecular weight is 887 g/mol. The molecule has 4 rings (SSSR count). The van der Waals surface area contributed by atoms with Crippen LogP contribution in [0.25, 0.3) is 11.0 Å². The molecule has 2 aromatic carbocycles. The third kappa shape index (κ3) is 13.9. The van der Waals surface area contributed by atoms with E-state index in [4.69, 9.17) is 16.9 Å². The smallest absolute Gasteiger partial charge is 0.305 e. The summed E-state index contributed by atoms with van der Waals surface area (Å²) in [5.74, 6) is -7.43. The molecule has 12 N–H and O–H groups in total. The number of aromatic nitrogens is 2. The SMILES string of the molecule is CC[C@H](C)[C@H](NC(=O)[C@@H](CCCNC(=N)N)NC(=O)[C@H](CC(=O)O)NC(=O)[C@H]([C@@H](C)CC)N1CC[C@@H](NC(=O)Cc2ccc(NC(=O)c3cnc4ccccc4n3)cc2)C1=O)C(N)=O. The molecule has 0 spiro atoms. The number of carbonyl (C=O) groups is 8. The van der Waals surface area contributed by atoms with Gasteiger partial charge in [0.25, 0.3) is 5.91 Å². The fourth-order valence-corrected chi connectivity index (χ4v) is 7.14. The number of likely N-dealkylation sites (tertiary alicyclic amines) is 1. The van der Waals surface area contributed by atoms with Crippen molar-refractivity contribution in [2.45, 2.75) is 103 Å². The number of hydrogen-bond donors (Lipinski definition) is 10. The van der Waals surface area contributed by atoms with E-state index in [1.165, 1.54) is 11.1 Å². The lowest BCUT2D eigenvalue weighted by Crippen LogP contribution is -2.60. The van der Waals surface area contributed by atoms with Crippen LogP contribution in [0.1, 0.15) is 82.3 Å². The highest BCUT2D eigenvalue weighted by Crippen LogP contribution is 2.23. The summed E-state index contributed by atoms with van der Waals surface area (Å²) in [5.41, 5.74) is 13.3. The van der Waals surface area contributed by atoms with Crippen LogP contribution >= 0.6 is 0 Å². The summed E-state index contributed by atoms with van der Waals surface area (Å²) in [4.78, 5) is 115. The minimum absolute atomic E-state index is 0.0330. The number of carbonyl (C=O) groups excluding carboxylic acids is 7. The van der Waals surface area contributed by atoms with Gasteiger partial charge in [0.1, 0.15) is 35.9 Å². The summed E-state index contributed by atoms with van der Waals surface area (Å²) >= 11 is 0. The highest BCUT2D eigenvalue weighted by molar-refractivity contribution is 6.03. The van der Waals surface area contributed by atoms with Crippen LogP contribution in [0.15, 0.2) is 54.7 Å². The van der Waals surface area contributed by atoms with Crippen LogP contribution < -0.4 is 43.4 Å². The zero-order valence-corrected chi connectivity index (χ0v) is 36.3. The highest BCUT2D eigenvalue weighted by atomic mass is 16.4. The molecule has 1 aromatic heterocycles. The molecule has 0 saturated carbocycles. The highest BCUT2D eigenvalue weighted by Gasteiger charge is 2.43. The molecule has 21 nitrogen and oxygen atoms in total. The number of fused-ring (bicyclic) bond motifs is 1. The molecule has 1 fully saturated rings. The summed E-state index contributed by atoms with van der Waals surface area (Å²) in [7, 11) is 0. The van der Waals surface area contributed by atoms with Gasteiger partial charge in [-0.25, -0.2) is 4.98 Å².